The van der Waals surface area contributed by atoms with Gasteiger partial charge in [-0.25, -0.2) is 4.79 Å². The molecule has 0 unspecified atom stereocenters. The summed E-state index contributed by atoms with van der Waals surface area (Å²) in [5, 5.41) is 21.8. The van der Waals surface area contributed by atoms with Gasteiger partial charge in [0, 0.05) is 6.04 Å². The third-order valence-corrected chi connectivity index (χ3v) is 5.54. The lowest BCUT2D eigenvalue weighted by Crippen LogP contribution is -2.33. The molecule has 33 heavy (non-hydrogen) atoms. The number of benzene rings is 2. The molecule has 0 radical (unpaired) electrons. The maximum absolute atomic E-state index is 12.5. The summed E-state index contributed by atoms with van der Waals surface area (Å²) < 4.78 is 11.5. The van der Waals surface area contributed by atoms with Crippen molar-refractivity contribution >= 4 is 29.6 Å². The third-order valence-electron chi connectivity index (χ3n) is 5.26. The number of rotatable bonds is 9. The van der Waals surface area contributed by atoms with Crippen LogP contribution in [-0.4, -0.2) is 29.6 Å². The van der Waals surface area contributed by atoms with Crippen LogP contribution in [0.2, 0.25) is 5.02 Å². The van der Waals surface area contributed by atoms with Crippen LogP contribution in [0.3, 0.4) is 0 Å². The molecule has 0 bridgehead atoms. The Labute approximate surface area is 197 Å². The fourth-order valence-electron chi connectivity index (χ4n) is 3.67. The minimum absolute atomic E-state index is 0.0143. The lowest BCUT2D eigenvalue weighted by molar-refractivity contribution is -0.117. The molecule has 7 nitrogen and oxygen atoms in total. The Morgan fingerprint density at radius 3 is 2.67 bits per heavy atom. The first kappa shape index (κ1) is 24.1. The van der Waals surface area contributed by atoms with Crippen molar-refractivity contribution in [2.24, 2.45) is 0 Å². The van der Waals surface area contributed by atoms with Crippen molar-refractivity contribution in [2.45, 2.75) is 45.3 Å². The van der Waals surface area contributed by atoms with Crippen molar-refractivity contribution < 1.29 is 24.2 Å². The first-order valence-corrected chi connectivity index (χ1v) is 11.1. The number of halogens is 1. The highest BCUT2D eigenvalue weighted by Gasteiger charge is 2.20. The summed E-state index contributed by atoms with van der Waals surface area (Å²) in [5.41, 5.74) is 1.33. The van der Waals surface area contributed by atoms with Crippen LogP contribution in [0.25, 0.3) is 6.08 Å². The van der Waals surface area contributed by atoms with E-state index in [2.05, 4.69) is 5.32 Å². The van der Waals surface area contributed by atoms with Gasteiger partial charge in [-0.2, -0.15) is 5.26 Å². The van der Waals surface area contributed by atoms with Gasteiger partial charge in [0.1, 0.15) is 18.2 Å². The normalized spacial score (nSPS) is 13.9. The molecule has 1 aliphatic carbocycles. The van der Waals surface area contributed by atoms with E-state index in [4.69, 9.17) is 26.2 Å². The molecule has 0 atom stereocenters. The maximum Gasteiger partial charge on any atom is 0.335 e. The molecule has 0 heterocycles. The van der Waals surface area contributed by atoms with Crippen molar-refractivity contribution in [3.8, 4) is 17.6 Å². The Hall–Kier alpha value is -3.50. The Bertz CT molecular complexity index is 1100. The molecule has 8 heteroatoms. The molecule has 1 saturated carbocycles. The molecule has 2 aromatic rings. The topological polar surface area (TPSA) is 109 Å². The summed E-state index contributed by atoms with van der Waals surface area (Å²) in [7, 11) is 0. The van der Waals surface area contributed by atoms with Crippen molar-refractivity contribution in [3.63, 3.8) is 0 Å². The predicted octanol–water partition coefficient (Wildman–Crippen LogP) is 4.98. The van der Waals surface area contributed by atoms with Gasteiger partial charge in [-0.05, 0) is 61.2 Å². The highest BCUT2D eigenvalue weighted by Crippen LogP contribution is 2.38. The Morgan fingerprint density at radius 2 is 2.00 bits per heavy atom. The van der Waals surface area contributed by atoms with Gasteiger partial charge in [-0.3, -0.25) is 4.79 Å². The van der Waals surface area contributed by atoms with Crippen molar-refractivity contribution in [1.29, 1.82) is 5.26 Å². The van der Waals surface area contributed by atoms with Gasteiger partial charge < -0.3 is 19.9 Å². The highest BCUT2D eigenvalue weighted by molar-refractivity contribution is 6.32. The van der Waals surface area contributed by atoms with E-state index in [1.807, 2.05) is 13.0 Å². The zero-order chi connectivity index (χ0) is 23.8. The first-order valence-electron chi connectivity index (χ1n) is 10.7. The number of nitrogens with zero attached hydrogens (tertiary/aromatic N) is 1. The number of nitriles is 1. The summed E-state index contributed by atoms with van der Waals surface area (Å²) in [4.78, 5) is 23.7. The summed E-state index contributed by atoms with van der Waals surface area (Å²) in [6.07, 6.45) is 5.47. The van der Waals surface area contributed by atoms with Crippen LogP contribution in [0.5, 0.6) is 11.5 Å². The van der Waals surface area contributed by atoms with Crippen LogP contribution in [-0.2, 0) is 11.4 Å². The summed E-state index contributed by atoms with van der Waals surface area (Å²) in [5.74, 6) is -0.771. The molecule has 2 aromatic carbocycles. The standard InChI is InChI=1S/C25H25ClN2O5/c1-2-32-22-13-17(11-19(14-27)24(29)28-20-8-3-4-9-20)12-21(26)23(22)33-15-16-6-5-7-18(10-16)25(30)31/h5-7,10-13,20H,2-4,8-9,15H2,1H3,(H,28,29)(H,30,31)/b19-11-. The van der Waals surface area contributed by atoms with Crippen LogP contribution in [0.1, 0.15) is 54.1 Å². The van der Waals surface area contributed by atoms with Crippen LogP contribution in [0.15, 0.2) is 42.0 Å². The van der Waals surface area contributed by atoms with E-state index in [1.54, 1.807) is 24.3 Å². The van der Waals surface area contributed by atoms with Gasteiger partial charge in [0.2, 0.25) is 0 Å². The summed E-state index contributed by atoms with van der Waals surface area (Å²) >= 11 is 6.45. The molecule has 1 amide bonds. The second-order valence-electron chi connectivity index (χ2n) is 7.68. The van der Waals surface area contributed by atoms with Crippen molar-refractivity contribution in [1.82, 2.24) is 5.32 Å². The quantitative estimate of drug-likeness (QED) is 0.396. The number of carbonyl (C=O) groups is 2. The number of amides is 1. The second kappa shape index (κ2) is 11.4. The van der Waals surface area contributed by atoms with E-state index >= 15 is 0 Å². The van der Waals surface area contributed by atoms with E-state index < -0.39 is 11.9 Å². The molecule has 0 aliphatic heterocycles. The van der Waals surface area contributed by atoms with Gasteiger partial charge in [0.05, 0.1) is 17.2 Å². The monoisotopic (exact) mass is 468 g/mol. The zero-order valence-corrected chi connectivity index (χ0v) is 19.0. The van der Waals surface area contributed by atoms with Gasteiger partial charge in [0.25, 0.3) is 5.91 Å². The third kappa shape index (κ3) is 6.50. The Kier molecular flexibility index (Phi) is 8.34. The number of hydrogen-bond donors (Lipinski definition) is 2. The average Bonchev–Trinajstić information content (AvgIpc) is 3.30. The number of carboxylic acid groups (broad SMARTS) is 1. The summed E-state index contributed by atoms with van der Waals surface area (Å²) in [6.45, 7) is 2.25. The molecule has 1 aliphatic rings. The predicted molar refractivity (Wildman–Crippen MR) is 124 cm³/mol. The fraction of sp³-hybridized carbons (Fsp3) is 0.320. The molecule has 172 valence electrons. The molecule has 1 fully saturated rings. The van der Waals surface area contributed by atoms with E-state index in [0.717, 1.165) is 25.7 Å². The second-order valence-corrected chi connectivity index (χ2v) is 8.09. The minimum atomic E-state index is -1.02. The van der Waals surface area contributed by atoms with Crippen molar-refractivity contribution in [2.75, 3.05) is 6.61 Å². The van der Waals surface area contributed by atoms with Crippen LogP contribution < -0.4 is 14.8 Å². The highest BCUT2D eigenvalue weighted by atomic mass is 35.5. The van der Waals surface area contributed by atoms with Gasteiger partial charge in [0.15, 0.2) is 11.5 Å². The lowest BCUT2D eigenvalue weighted by atomic mass is 10.1. The molecular weight excluding hydrogens is 444 g/mol. The SMILES string of the molecule is CCOc1cc(/C=C(/C#N)C(=O)NC2CCCC2)cc(Cl)c1OCc1cccc(C(=O)O)c1. The molecule has 0 saturated heterocycles. The van der Waals surface area contributed by atoms with Crippen LogP contribution in [0.4, 0.5) is 0 Å². The summed E-state index contributed by atoms with van der Waals surface area (Å²) in [6, 6.07) is 11.7. The van der Waals surface area contributed by atoms with Crippen LogP contribution in [0, 0.1) is 11.3 Å². The molecular formula is C25H25ClN2O5. The van der Waals surface area contributed by atoms with Gasteiger partial charge in [-0.1, -0.05) is 36.6 Å². The smallest absolute Gasteiger partial charge is 0.335 e. The van der Waals surface area contributed by atoms with Crippen LogP contribution >= 0.6 is 11.6 Å². The Balaban J connectivity index is 1.81. The molecule has 2 N–H and O–H groups in total. The number of ether oxygens (including phenoxy) is 2. The molecule has 0 aromatic heterocycles. The zero-order valence-electron chi connectivity index (χ0n) is 18.3. The fourth-order valence-corrected chi connectivity index (χ4v) is 3.95. The largest absolute Gasteiger partial charge is 0.490 e. The number of nitrogens with one attached hydrogen (secondary N) is 1. The number of carboxylic acids is 1. The number of aromatic carboxylic acids is 1. The van der Waals surface area contributed by atoms with E-state index in [-0.39, 0.29) is 28.8 Å². The average molecular weight is 469 g/mol. The molecule has 3 rings (SSSR count). The number of carbonyl (C=O) groups excluding carboxylic acids is 1. The first-order chi connectivity index (χ1) is 15.9. The van der Waals surface area contributed by atoms with E-state index in [0.29, 0.717) is 29.2 Å². The lowest BCUT2D eigenvalue weighted by Gasteiger charge is -2.15. The van der Waals surface area contributed by atoms with E-state index in [1.165, 1.54) is 18.2 Å². The van der Waals surface area contributed by atoms with Gasteiger partial charge in [-0.15, -0.1) is 0 Å². The number of hydrogen-bond acceptors (Lipinski definition) is 5. The van der Waals surface area contributed by atoms with E-state index in [9.17, 15) is 14.9 Å². The minimum Gasteiger partial charge on any atom is -0.490 e. The molecule has 0 spiro atoms. The van der Waals surface area contributed by atoms with Crippen molar-refractivity contribution in [3.05, 3.63) is 63.7 Å². The maximum atomic E-state index is 12.5. The Morgan fingerprint density at radius 1 is 1.24 bits per heavy atom. The van der Waals surface area contributed by atoms with Gasteiger partial charge >= 0.3 is 5.97 Å².